The first kappa shape index (κ1) is 16.2. The van der Waals surface area contributed by atoms with Gasteiger partial charge in [0, 0.05) is 41.9 Å². The maximum absolute atomic E-state index is 12.5. The van der Waals surface area contributed by atoms with Crippen molar-refractivity contribution in [3.05, 3.63) is 37.4 Å². The highest BCUT2D eigenvalue weighted by molar-refractivity contribution is 14.1. The van der Waals surface area contributed by atoms with Crippen LogP contribution in [0.2, 0.25) is 0 Å². The Morgan fingerprint density at radius 2 is 2.00 bits per heavy atom. The molecule has 0 atom stereocenters. The van der Waals surface area contributed by atoms with E-state index in [9.17, 15) is 14.9 Å². The van der Waals surface area contributed by atoms with Gasteiger partial charge >= 0.3 is 0 Å². The van der Waals surface area contributed by atoms with Crippen molar-refractivity contribution in [1.82, 2.24) is 9.80 Å². The van der Waals surface area contributed by atoms with Gasteiger partial charge in [-0.05, 0) is 41.6 Å². The highest BCUT2D eigenvalue weighted by atomic mass is 127. The van der Waals surface area contributed by atoms with Crippen molar-refractivity contribution in [3.8, 4) is 0 Å². The minimum absolute atomic E-state index is 0.0385. The molecule has 0 unspecified atom stereocenters. The van der Waals surface area contributed by atoms with Crippen LogP contribution in [-0.2, 0) is 0 Å². The van der Waals surface area contributed by atoms with E-state index < -0.39 is 4.92 Å². The second-order valence-corrected chi connectivity index (χ2v) is 6.22. The zero-order chi connectivity index (χ0) is 15.4. The number of carbonyl (C=O) groups is 1. The summed E-state index contributed by atoms with van der Waals surface area (Å²) in [5.74, 6) is -0.112. The first-order chi connectivity index (χ1) is 10.0. The largest absolute Gasteiger partial charge is 0.336 e. The van der Waals surface area contributed by atoms with Gasteiger partial charge in [0.05, 0.1) is 10.5 Å². The van der Waals surface area contributed by atoms with Crippen molar-refractivity contribution in [2.24, 2.45) is 0 Å². The van der Waals surface area contributed by atoms with Crippen molar-refractivity contribution in [2.75, 3.05) is 32.7 Å². The number of halogens is 1. The number of carbonyl (C=O) groups excluding carboxylic acids is 1. The van der Waals surface area contributed by atoms with E-state index in [4.69, 9.17) is 0 Å². The lowest BCUT2D eigenvalue weighted by atomic mass is 10.1. The van der Waals surface area contributed by atoms with Crippen molar-refractivity contribution in [3.63, 3.8) is 0 Å². The molecule has 1 aliphatic rings. The van der Waals surface area contributed by atoms with Crippen LogP contribution in [0.25, 0.3) is 0 Å². The fourth-order valence-corrected chi connectivity index (χ4v) is 3.02. The molecule has 1 fully saturated rings. The summed E-state index contributed by atoms with van der Waals surface area (Å²) < 4.78 is 0.749. The molecule has 1 amide bonds. The molecular formula is C14H18IN3O3. The quantitative estimate of drug-likeness (QED) is 0.440. The van der Waals surface area contributed by atoms with Gasteiger partial charge in [-0.2, -0.15) is 0 Å². The average molecular weight is 403 g/mol. The molecule has 7 heteroatoms. The monoisotopic (exact) mass is 403 g/mol. The van der Waals surface area contributed by atoms with E-state index in [1.54, 1.807) is 11.0 Å². The molecule has 0 bridgehead atoms. The van der Waals surface area contributed by atoms with Crippen LogP contribution < -0.4 is 0 Å². The number of nitro groups is 1. The van der Waals surface area contributed by atoms with E-state index in [1.165, 1.54) is 12.1 Å². The Morgan fingerprint density at radius 3 is 2.57 bits per heavy atom. The number of non-ortho nitro benzene ring substituents is 1. The predicted octanol–water partition coefficient (Wildman–Crippen LogP) is 2.37. The summed E-state index contributed by atoms with van der Waals surface area (Å²) in [6.07, 6.45) is 1.11. The fraction of sp³-hybridized carbons (Fsp3) is 0.500. The SMILES string of the molecule is CCCN1CCN(C(=O)c2cc([N+](=O)[O-])ccc2I)CC1. The number of hydrogen-bond donors (Lipinski definition) is 0. The second-order valence-electron chi connectivity index (χ2n) is 5.06. The molecule has 21 heavy (non-hydrogen) atoms. The maximum atomic E-state index is 12.5. The minimum atomic E-state index is -0.466. The van der Waals surface area contributed by atoms with Gasteiger partial charge in [-0.25, -0.2) is 0 Å². The number of hydrogen-bond acceptors (Lipinski definition) is 4. The van der Waals surface area contributed by atoms with Crippen LogP contribution in [0.15, 0.2) is 18.2 Å². The van der Waals surface area contributed by atoms with Gasteiger partial charge in [-0.1, -0.05) is 6.92 Å². The normalized spacial score (nSPS) is 16.0. The molecule has 1 aromatic rings. The van der Waals surface area contributed by atoms with E-state index >= 15 is 0 Å². The Morgan fingerprint density at radius 1 is 1.33 bits per heavy atom. The number of benzene rings is 1. The fourth-order valence-electron chi connectivity index (χ4n) is 2.45. The second kappa shape index (κ2) is 7.17. The molecule has 0 saturated carbocycles. The average Bonchev–Trinajstić information content (AvgIpc) is 2.48. The van der Waals surface area contributed by atoms with E-state index in [-0.39, 0.29) is 11.6 Å². The zero-order valence-electron chi connectivity index (χ0n) is 11.9. The van der Waals surface area contributed by atoms with Crippen molar-refractivity contribution < 1.29 is 9.72 Å². The summed E-state index contributed by atoms with van der Waals surface area (Å²) in [5.41, 5.74) is 0.386. The van der Waals surface area contributed by atoms with Crippen molar-refractivity contribution >= 4 is 34.2 Å². The summed E-state index contributed by atoms with van der Waals surface area (Å²) in [5, 5.41) is 10.8. The van der Waals surface area contributed by atoms with Gasteiger partial charge in [0.25, 0.3) is 11.6 Å². The van der Waals surface area contributed by atoms with Crippen LogP contribution in [0.1, 0.15) is 23.7 Å². The van der Waals surface area contributed by atoms with E-state index in [0.29, 0.717) is 18.7 Å². The van der Waals surface area contributed by atoms with E-state index in [1.807, 2.05) is 22.6 Å². The molecule has 0 aromatic heterocycles. The van der Waals surface area contributed by atoms with E-state index in [0.717, 1.165) is 29.6 Å². The Kier molecular flexibility index (Phi) is 5.51. The molecule has 2 rings (SSSR count). The Bertz CT molecular complexity index is 542. The molecule has 1 aliphatic heterocycles. The molecule has 1 aromatic carbocycles. The summed E-state index contributed by atoms with van der Waals surface area (Å²) in [4.78, 5) is 27.0. The Balaban J connectivity index is 2.10. The van der Waals surface area contributed by atoms with Gasteiger partial charge in [0.1, 0.15) is 0 Å². The molecule has 0 spiro atoms. The summed E-state index contributed by atoms with van der Waals surface area (Å²) >= 11 is 2.05. The molecule has 114 valence electrons. The molecule has 0 N–H and O–H groups in total. The molecule has 1 saturated heterocycles. The van der Waals surface area contributed by atoms with Crippen LogP contribution in [0.4, 0.5) is 5.69 Å². The van der Waals surface area contributed by atoms with Gasteiger partial charge in [0.2, 0.25) is 0 Å². The molecular weight excluding hydrogens is 385 g/mol. The number of amides is 1. The number of nitrogens with zero attached hydrogens (tertiary/aromatic N) is 3. The maximum Gasteiger partial charge on any atom is 0.270 e. The van der Waals surface area contributed by atoms with Crippen molar-refractivity contribution in [1.29, 1.82) is 0 Å². The summed E-state index contributed by atoms with van der Waals surface area (Å²) in [6.45, 7) is 6.28. The summed E-state index contributed by atoms with van der Waals surface area (Å²) in [7, 11) is 0. The third-order valence-electron chi connectivity index (χ3n) is 3.59. The minimum Gasteiger partial charge on any atom is -0.336 e. The van der Waals surface area contributed by atoms with Gasteiger partial charge in [-0.15, -0.1) is 0 Å². The Labute approximate surface area is 137 Å². The standard InChI is InChI=1S/C14H18IN3O3/c1-2-5-16-6-8-17(9-7-16)14(19)12-10-11(18(20)21)3-4-13(12)15/h3-4,10H,2,5-9H2,1H3. The highest BCUT2D eigenvalue weighted by Gasteiger charge is 2.24. The smallest absolute Gasteiger partial charge is 0.270 e. The molecule has 6 nitrogen and oxygen atoms in total. The zero-order valence-corrected chi connectivity index (χ0v) is 14.1. The van der Waals surface area contributed by atoms with Crippen molar-refractivity contribution in [2.45, 2.75) is 13.3 Å². The number of piperazine rings is 1. The lowest BCUT2D eigenvalue weighted by molar-refractivity contribution is -0.384. The topological polar surface area (TPSA) is 66.7 Å². The van der Waals surface area contributed by atoms with Crippen LogP contribution in [-0.4, -0.2) is 53.4 Å². The van der Waals surface area contributed by atoms with Gasteiger partial charge in [0.15, 0.2) is 0 Å². The van der Waals surface area contributed by atoms with Crippen LogP contribution in [0.5, 0.6) is 0 Å². The third kappa shape index (κ3) is 3.91. The highest BCUT2D eigenvalue weighted by Crippen LogP contribution is 2.21. The van der Waals surface area contributed by atoms with Gasteiger partial charge < -0.3 is 4.90 Å². The lowest BCUT2D eigenvalue weighted by Crippen LogP contribution is -2.48. The predicted molar refractivity (Wildman–Crippen MR) is 88.4 cm³/mol. The molecule has 1 heterocycles. The molecule has 0 radical (unpaired) electrons. The van der Waals surface area contributed by atoms with Crippen LogP contribution in [0, 0.1) is 13.7 Å². The van der Waals surface area contributed by atoms with Crippen LogP contribution in [0.3, 0.4) is 0 Å². The third-order valence-corrected chi connectivity index (χ3v) is 4.53. The first-order valence-corrected chi connectivity index (χ1v) is 8.06. The Hall–Kier alpha value is -1.22. The first-order valence-electron chi connectivity index (χ1n) is 6.98. The molecule has 0 aliphatic carbocycles. The number of rotatable bonds is 4. The number of nitro benzene ring substituents is 1. The summed E-state index contributed by atoms with van der Waals surface area (Å²) in [6, 6.07) is 4.43. The van der Waals surface area contributed by atoms with Gasteiger partial charge in [-0.3, -0.25) is 19.8 Å². The van der Waals surface area contributed by atoms with E-state index in [2.05, 4.69) is 11.8 Å². The lowest BCUT2D eigenvalue weighted by Gasteiger charge is -2.34. The van der Waals surface area contributed by atoms with Crippen LogP contribution >= 0.6 is 22.6 Å².